The third-order valence-electron chi connectivity index (χ3n) is 4.80. The van der Waals surface area contributed by atoms with Crippen molar-refractivity contribution < 1.29 is 4.74 Å². The molecule has 0 N–H and O–H groups in total. The van der Waals surface area contributed by atoms with Gasteiger partial charge in [-0.05, 0) is 64.9 Å². The van der Waals surface area contributed by atoms with Crippen LogP contribution < -0.4 is 4.74 Å². The van der Waals surface area contributed by atoms with Crippen LogP contribution in [0.4, 0.5) is 0 Å². The first kappa shape index (κ1) is 18.8. The van der Waals surface area contributed by atoms with E-state index < -0.39 is 0 Å². The van der Waals surface area contributed by atoms with Crippen molar-refractivity contribution in [2.75, 3.05) is 7.11 Å². The van der Waals surface area contributed by atoms with Gasteiger partial charge in [0, 0.05) is 29.3 Å². The average Bonchev–Trinajstić information content (AvgIpc) is 3.56. The number of methoxy groups -OCH3 is 1. The van der Waals surface area contributed by atoms with Gasteiger partial charge in [-0.25, -0.2) is 0 Å². The van der Waals surface area contributed by atoms with Gasteiger partial charge >= 0.3 is 0 Å². The fourth-order valence-corrected chi connectivity index (χ4v) is 7.44. The summed E-state index contributed by atoms with van der Waals surface area (Å²) >= 11 is 7.38. The number of thiophene rings is 4. The van der Waals surface area contributed by atoms with Crippen molar-refractivity contribution in [2.24, 2.45) is 0 Å². The second-order valence-electron chi connectivity index (χ2n) is 6.56. The molecule has 0 aliphatic heterocycles. The van der Waals surface area contributed by atoms with E-state index in [-0.39, 0.29) is 5.92 Å². The summed E-state index contributed by atoms with van der Waals surface area (Å²) in [5.41, 5.74) is 1.30. The molecule has 5 rings (SSSR count). The summed E-state index contributed by atoms with van der Waals surface area (Å²) in [6, 6.07) is 26.2. The molecule has 5 aromatic rings. The molecule has 0 amide bonds. The quantitative estimate of drug-likeness (QED) is 0.252. The number of rotatable bonds is 6. The molecule has 4 heterocycles. The fraction of sp³-hybridized carbons (Fsp3) is 0.0833. The Labute approximate surface area is 186 Å². The number of hydrogen-bond acceptors (Lipinski definition) is 5. The van der Waals surface area contributed by atoms with Crippen LogP contribution in [0, 0.1) is 0 Å². The zero-order chi connectivity index (χ0) is 19.6. The zero-order valence-electron chi connectivity index (χ0n) is 15.7. The topological polar surface area (TPSA) is 9.23 Å². The predicted octanol–water partition coefficient (Wildman–Crippen LogP) is 8.46. The standard InChI is InChI=1S/C24H18OS4/c1-25-17-8-6-16(7-9-17)24(22-12-10-20(28-22)18-4-2-14-26-18)23-13-11-21(29-23)19-5-3-15-27-19/h2-15,24H,1H3. The van der Waals surface area contributed by atoms with Gasteiger partial charge in [0.1, 0.15) is 5.75 Å². The Morgan fingerprint density at radius 2 is 1.17 bits per heavy atom. The monoisotopic (exact) mass is 450 g/mol. The Morgan fingerprint density at radius 3 is 1.62 bits per heavy atom. The molecular weight excluding hydrogens is 433 g/mol. The second kappa shape index (κ2) is 8.28. The lowest BCUT2D eigenvalue weighted by Crippen LogP contribution is -1.99. The summed E-state index contributed by atoms with van der Waals surface area (Å²) in [4.78, 5) is 8.09. The van der Waals surface area contributed by atoms with E-state index in [2.05, 4.69) is 83.6 Å². The molecule has 0 radical (unpaired) electrons. The van der Waals surface area contributed by atoms with E-state index in [9.17, 15) is 0 Å². The first-order valence-corrected chi connectivity index (χ1v) is 12.6. The molecule has 0 saturated carbocycles. The van der Waals surface area contributed by atoms with Gasteiger partial charge in [-0.2, -0.15) is 0 Å². The first-order valence-electron chi connectivity index (χ1n) is 9.23. The number of benzene rings is 1. The Morgan fingerprint density at radius 1 is 0.621 bits per heavy atom. The van der Waals surface area contributed by atoms with Crippen LogP contribution >= 0.6 is 45.3 Å². The normalized spacial score (nSPS) is 11.2. The molecule has 0 saturated heterocycles. The van der Waals surface area contributed by atoms with Crippen LogP contribution in [-0.2, 0) is 0 Å². The Kier molecular flexibility index (Phi) is 5.38. The van der Waals surface area contributed by atoms with Crippen molar-refractivity contribution in [3.05, 3.63) is 98.9 Å². The van der Waals surface area contributed by atoms with Gasteiger partial charge in [-0.1, -0.05) is 24.3 Å². The highest BCUT2D eigenvalue weighted by molar-refractivity contribution is 7.22. The molecule has 0 fully saturated rings. The highest BCUT2D eigenvalue weighted by Crippen LogP contribution is 2.44. The molecule has 4 aromatic heterocycles. The lowest BCUT2D eigenvalue weighted by molar-refractivity contribution is 0.414. The molecule has 5 heteroatoms. The van der Waals surface area contributed by atoms with Crippen molar-refractivity contribution in [3.63, 3.8) is 0 Å². The molecule has 144 valence electrons. The van der Waals surface area contributed by atoms with Crippen LogP contribution in [0.5, 0.6) is 5.75 Å². The van der Waals surface area contributed by atoms with Gasteiger partial charge in [0.25, 0.3) is 0 Å². The second-order valence-corrected chi connectivity index (χ2v) is 10.7. The lowest BCUT2D eigenvalue weighted by atomic mass is 9.95. The van der Waals surface area contributed by atoms with Gasteiger partial charge in [-0.3, -0.25) is 0 Å². The summed E-state index contributed by atoms with van der Waals surface area (Å²) in [6.07, 6.45) is 0. The molecule has 1 aromatic carbocycles. The van der Waals surface area contributed by atoms with E-state index in [0.717, 1.165) is 5.75 Å². The molecule has 29 heavy (non-hydrogen) atoms. The minimum Gasteiger partial charge on any atom is -0.497 e. The molecule has 0 atom stereocenters. The summed E-state index contributed by atoms with van der Waals surface area (Å²) in [7, 11) is 1.71. The largest absolute Gasteiger partial charge is 0.497 e. The van der Waals surface area contributed by atoms with Gasteiger partial charge in [0.05, 0.1) is 13.0 Å². The fourth-order valence-electron chi connectivity index (χ4n) is 3.38. The van der Waals surface area contributed by atoms with Gasteiger partial charge < -0.3 is 4.74 Å². The van der Waals surface area contributed by atoms with E-state index in [4.69, 9.17) is 4.74 Å². The number of ether oxygens (including phenoxy) is 1. The van der Waals surface area contributed by atoms with Crippen molar-refractivity contribution in [1.82, 2.24) is 0 Å². The first-order chi connectivity index (χ1) is 14.3. The maximum Gasteiger partial charge on any atom is 0.118 e. The molecule has 0 aliphatic carbocycles. The maximum absolute atomic E-state index is 5.37. The summed E-state index contributed by atoms with van der Waals surface area (Å²) in [5, 5.41) is 4.28. The minimum absolute atomic E-state index is 0.235. The van der Waals surface area contributed by atoms with E-state index in [1.165, 1.54) is 34.8 Å². The zero-order valence-corrected chi connectivity index (χ0v) is 19.0. The van der Waals surface area contributed by atoms with Crippen LogP contribution in [0.25, 0.3) is 19.5 Å². The number of hydrogen-bond donors (Lipinski definition) is 0. The molecule has 0 aliphatic rings. The van der Waals surface area contributed by atoms with Gasteiger partial charge in [-0.15, -0.1) is 45.3 Å². The van der Waals surface area contributed by atoms with Crippen molar-refractivity contribution in [2.45, 2.75) is 5.92 Å². The summed E-state index contributed by atoms with van der Waals surface area (Å²) in [6.45, 7) is 0. The Bertz CT molecular complexity index is 1110. The van der Waals surface area contributed by atoms with E-state index in [0.29, 0.717) is 0 Å². The highest BCUT2D eigenvalue weighted by atomic mass is 32.1. The van der Waals surface area contributed by atoms with Crippen LogP contribution in [0.15, 0.2) is 83.6 Å². The van der Waals surface area contributed by atoms with Gasteiger partial charge in [0.15, 0.2) is 0 Å². The molecule has 0 unspecified atom stereocenters. The highest BCUT2D eigenvalue weighted by Gasteiger charge is 2.22. The molecular formula is C24H18OS4. The van der Waals surface area contributed by atoms with E-state index in [1.54, 1.807) is 29.8 Å². The van der Waals surface area contributed by atoms with Crippen LogP contribution in [0.3, 0.4) is 0 Å². The van der Waals surface area contributed by atoms with Crippen LogP contribution in [0.2, 0.25) is 0 Å². The third-order valence-corrected chi connectivity index (χ3v) is 9.23. The Hall–Kier alpha value is -2.18. The molecule has 0 spiro atoms. The maximum atomic E-state index is 5.37. The van der Waals surface area contributed by atoms with E-state index >= 15 is 0 Å². The third kappa shape index (κ3) is 3.83. The molecule has 1 nitrogen and oxygen atoms in total. The van der Waals surface area contributed by atoms with Crippen molar-refractivity contribution in [1.29, 1.82) is 0 Å². The minimum atomic E-state index is 0.235. The molecule has 0 bridgehead atoms. The average molecular weight is 451 g/mol. The van der Waals surface area contributed by atoms with Crippen LogP contribution in [0.1, 0.15) is 21.2 Å². The van der Waals surface area contributed by atoms with E-state index in [1.807, 2.05) is 22.7 Å². The SMILES string of the molecule is COc1ccc(C(c2ccc(-c3cccs3)s2)c2ccc(-c3cccs3)s2)cc1. The lowest BCUT2D eigenvalue weighted by Gasteiger charge is -2.15. The smallest absolute Gasteiger partial charge is 0.118 e. The van der Waals surface area contributed by atoms with Crippen molar-refractivity contribution >= 4 is 45.3 Å². The van der Waals surface area contributed by atoms with Crippen molar-refractivity contribution in [3.8, 4) is 25.3 Å². The summed E-state index contributed by atoms with van der Waals surface area (Å²) in [5.74, 6) is 1.13. The predicted molar refractivity (Wildman–Crippen MR) is 129 cm³/mol. The van der Waals surface area contributed by atoms with Gasteiger partial charge in [0.2, 0.25) is 0 Å². The Balaban J connectivity index is 1.58. The van der Waals surface area contributed by atoms with Crippen LogP contribution in [-0.4, -0.2) is 7.11 Å². The summed E-state index contributed by atoms with van der Waals surface area (Å²) < 4.78 is 5.37.